The molecule has 3 aromatic rings. The normalized spacial score (nSPS) is 11.8. The lowest BCUT2D eigenvalue weighted by Gasteiger charge is -2.05. The van der Waals surface area contributed by atoms with Crippen LogP contribution in [0.4, 0.5) is 5.69 Å². The van der Waals surface area contributed by atoms with Gasteiger partial charge in [-0.3, -0.25) is 4.79 Å². The molecule has 11 nitrogen and oxygen atoms in total. The second kappa shape index (κ2) is 9.43. The molecule has 1 heterocycles. The Morgan fingerprint density at radius 1 is 0.844 bits per heavy atom. The number of anilines is 1. The quantitative estimate of drug-likeness (QED) is 0.194. The smallest absolute Gasteiger partial charge is 0.272 e. The van der Waals surface area contributed by atoms with Gasteiger partial charge in [0.05, 0.1) is 16.9 Å². The molecule has 0 aliphatic carbocycles. The fourth-order valence-electron chi connectivity index (χ4n) is 2.95. The highest BCUT2D eigenvalue weighted by atomic mass is 16.1. The van der Waals surface area contributed by atoms with Crippen LogP contribution in [0.15, 0.2) is 68.9 Å². The number of H-pyrrole nitrogens is 1. The molecule has 0 unspecified atom stereocenters. The van der Waals surface area contributed by atoms with Crippen molar-refractivity contribution in [1.82, 2.24) is 4.98 Å². The molecule has 0 aliphatic rings. The van der Waals surface area contributed by atoms with Gasteiger partial charge in [-0.05, 0) is 37.6 Å². The Kier molecular flexibility index (Phi) is 6.49. The van der Waals surface area contributed by atoms with Crippen molar-refractivity contribution in [3.05, 3.63) is 65.4 Å². The van der Waals surface area contributed by atoms with E-state index in [0.29, 0.717) is 22.8 Å². The predicted octanol–water partition coefficient (Wildman–Crippen LogP) is 1.42. The fraction of sp³-hybridized carbons (Fsp3) is 0.0952. The highest BCUT2D eigenvalue weighted by Crippen LogP contribution is 2.21. The maximum atomic E-state index is 12.8. The second-order valence-electron chi connectivity index (χ2n) is 6.90. The molecular weight excluding hydrogens is 408 g/mol. The Hall–Kier alpha value is -4.67. The van der Waals surface area contributed by atoms with Crippen LogP contribution in [0.2, 0.25) is 0 Å². The average molecular weight is 432 g/mol. The summed E-state index contributed by atoms with van der Waals surface area (Å²) in [5.74, 6) is -0.538. The van der Waals surface area contributed by atoms with Crippen LogP contribution in [0.3, 0.4) is 0 Å². The Labute approximate surface area is 184 Å². The molecule has 1 amide bonds. The molecule has 1 aromatic heterocycles. The zero-order chi connectivity index (χ0) is 23.3. The summed E-state index contributed by atoms with van der Waals surface area (Å²) in [6, 6.07) is 14.5. The largest absolute Gasteiger partial charge is 0.369 e. The zero-order valence-corrected chi connectivity index (χ0v) is 17.6. The lowest BCUT2D eigenvalue weighted by atomic mass is 10.1. The molecule has 0 radical (unpaired) electrons. The van der Waals surface area contributed by atoms with Crippen molar-refractivity contribution in [1.29, 1.82) is 0 Å². The Morgan fingerprint density at radius 2 is 1.47 bits per heavy atom. The van der Waals surface area contributed by atoms with Crippen molar-refractivity contribution in [2.45, 2.75) is 13.8 Å². The van der Waals surface area contributed by atoms with E-state index in [2.05, 4.69) is 30.7 Å². The number of nitrogens with one attached hydrogen (secondary N) is 2. The number of nitrogens with two attached hydrogens (primary N) is 4. The van der Waals surface area contributed by atoms with E-state index in [9.17, 15) is 4.79 Å². The Bertz CT molecular complexity index is 1260. The summed E-state index contributed by atoms with van der Waals surface area (Å²) in [4.78, 5) is 15.9. The maximum Gasteiger partial charge on any atom is 0.272 e. The van der Waals surface area contributed by atoms with Crippen LogP contribution in [-0.4, -0.2) is 34.2 Å². The number of guanidine groups is 2. The molecular formula is C21H24N10O. The van der Waals surface area contributed by atoms with Gasteiger partial charge in [0.25, 0.3) is 5.91 Å². The van der Waals surface area contributed by atoms with Gasteiger partial charge in [0.1, 0.15) is 5.69 Å². The predicted molar refractivity (Wildman–Crippen MR) is 129 cm³/mol. The van der Waals surface area contributed by atoms with Gasteiger partial charge in [0, 0.05) is 16.6 Å². The van der Waals surface area contributed by atoms with E-state index in [1.807, 2.05) is 30.3 Å². The van der Waals surface area contributed by atoms with Crippen LogP contribution in [0.5, 0.6) is 0 Å². The molecule has 0 spiro atoms. The number of carbonyl (C=O) groups is 1. The van der Waals surface area contributed by atoms with Crippen molar-refractivity contribution in [2.75, 3.05) is 5.32 Å². The summed E-state index contributed by atoms with van der Waals surface area (Å²) < 4.78 is 0. The molecule has 164 valence electrons. The van der Waals surface area contributed by atoms with Crippen molar-refractivity contribution in [3.8, 4) is 0 Å². The molecule has 0 fully saturated rings. The van der Waals surface area contributed by atoms with Gasteiger partial charge < -0.3 is 33.2 Å². The van der Waals surface area contributed by atoms with E-state index >= 15 is 0 Å². The third kappa shape index (κ3) is 5.27. The maximum absolute atomic E-state index is 12.8. The minimum Gasteiger partial charge on any atom is -0.369 e. The van der Waals surface area contributed by atoms with E-state index in [1.54, 1.807) is 32.0 Å². The molecule has 0 saturated heterocycles. The molecule has 3 rings (SSSR count). The van der Waals surface area contributed by atoms with Crippen molar-refractivity contribution < 1.29 is 4.79 Å². The van der Waals surface area contributed by atoms with Gasteiger partial charge in [-0.1, -0.05) is 30.3 Å². The fourth-order valence-corrected chi connectivity index (χ4v) is 2.95. The lowest BCUT2D eigenvalue weighted by Crippen LogP contribution is -2.22. The first-order valence-electron chi connectivity index (χ1n) is 9.55. The van der Waals surface area contributed by atoms with E-state index < -0.39 is 0 Å². The van der Waals surface area contributed by atoms with Gasteiger partial charge in [0.2, 0.25) is 11.9 Å². The van der Waals surface area contributed by atoms with Crippen molar-refractivity contribution >= 4 is 45.8 Å². The monoisotopic (exact) mass is 432 g/mol. The summed E-state index contributed by atoms with van der Waals surface area (Å²) in [5.41, 5.74) is 25.9. The average Bonchev–Trinajstić information content (AvgIpc) is 3.21. The van der Waals surface area contributed by atoms with E-state index in [4.69, 9.17) is 22.9 Å². The number of hydrogen-bond donors (Lipinski definition) is 6. The number of aromatic nitrogens is 1. The van der Waals surface area contributed by atoms with Gasteiger partial charge in [-0.25, -0.2) is 0 Å². The second-order valence-corrected chi connectivity index (χ2v) is 6.90. The molecule has 0 aliphatic heterocycles. The molecule has 0 bridgehead atoms. The van der Waals surface area contributed by atoms with Gasteiger partial charge in [-0.2, -0.15) is 10.2 Å². The standard InChI is InChI=1S/C21H24N10O/c1-11(28-30-20(22)23)13-6-8-15(9-7-13)26-19(32)17-10-14-4-3-5-16(18(14)27-17)12(2)29-31-21(24)25/h3-10,27H,1-2H3,(H,26,32)(H4,22,23,30)(H4,24,25,31). The van der Waals surface area contributed by atoms with E-state index in [0.717, 1.165) is 22.0 Å². The van der Waals surface area contributed by atoms with Gasteiger partial charge in [-0.15, -0.1) is 10.2 Å². The third-order valence-corrected chi connectivity index (χ3v) is 4.48. The SMILES string of the molecule is CC(=NN=C(N)N)c1ccc(NC(=O)c2cc3cccc(C(C)=NN=C(N)N)c3[nH]2)cc1. The Balaban J connectivity index is 1.81. The van der Waals surface area contributed by atoms with Crippen LogP contribution < -0.4 is 28.3 Å². The molecule has 0 saturated carbocycles. The summed E-state index contributed by atoms with van der Waals surface area (Å²) in [7, 11) is 0. The topological polar surface area (TPSA) is 198 Å². The minimum absolute atomic E-state index is 0.118. The molecule has 11 heteroatoms. The minimum atomic E-state index is -0.287. The number of fused-ring (bicyclic) bond motifs is 1. The van der Waals surface area contributed by atoms with Crippen LogP contribution in [-0.2, 0) is 0 Å². The summed E-state index contributed by atoms with van der Waals surface area (Å²) >= 11 is 0. The summed E-state index contributed by atoms with van der Waals surface area (Å²) in [5, 5.41) is 19.0. The Morgan fingerprint density at radius 3 is 2.09 bits per heavy atom. The van der Waals surface area contributed by atoms with E-state index in [-0.39, 0.29) is 17.8 Å². The first kappa shape index (κ1) is 22.0. The number of benzene rings is 2. The molecule has 0 atom stereocenters. The van der Waals surface area contributed by atoms with Crippen LogP contribution in [0.25, 0.3) is 10.9 Å². The molecule has 32 heavy (non-hydrogen) atoms. The van der Waals surface area contributed by atoms with Crippen LogP contribution in [0.1, 0.15) is 35.5 Å². The number of aromatic amines is 1. The number of carbonyl (C=O) groups excluding carboxylic acids is 1. The summed E-state index contributed by atoms with van der Waals surface area (Å²) in [6.07, 6.45) is 0. The van der Waals surface area contributed by atoms with Gasteiger partial charge >= 0.3 is 0 Å². The number of nitrogens with zero attached hydrogens (tertiary/aromatic N) is 4. The highest BCUT2D eigenvalue weighted by molar-refractivity contribution is 6.12. The lowest BCUT2D eigenvalue weighted by molar-refractivity contribution is 0.102. The van der Waals surface area contributed by atoms with Crippen LogP contribution in [0, 0.1) is 0 Å². The van der Waals surface area contributed by atoms with Crippen LogP contribution >= 0.6 is 0 Å². The van der Waals surface area contributed by atoms with Crippen molar-refractivity contribution in [2.24, 2.45) is 43.3 Å². The molecule has 10 N–H and O–H groups in total. The van der Waals surface area contributed by atoms with E-state index in [1.165, 1.54) is 0 Å². The number of rotatable bonds is 6. The first-order valence-corrected chi connectivity index (χ1v) is 9.55. The van der Waals surface area contributed by atoms with Gasteiger partial charge in [0.15, 0.2) is 0 Å². The number of para-hydroxylation sites is 1. The molecule has 2 aromatic carbocycles. The third-order valence-electron chi connectivity index (χ3n) is 4.48. The zero-order valence-electron chi connectivity index (χ0n) is 17.6. The highest BCUT2D eigenvalue weighted by Gasteiger charge is 2.13. The first-order chi connectivity index (χ1) is 15.2. The van der Waals surface area contributed by atoms with Crippen molar-refractivity contribution in [3.63, 3.8) is 0 Å². The number of hydrogen-bond acceptors (Lipinski definition) is 5. The summed E-state index contributed by atoms with van der Waals surface area (Å²) in [6.45, 7) is 3.56. The number of amides is 1.